The van der Waals surface area contributed by atoms with Gasteiger partial charge in [0, 0.05) is 23.3 Å². The Balaban J connectivity index is 1.52. The predicted octanol–water partition coefficient (Wildman–Crippen LogP) is 4.06. The lowest BCUT2D eigenvalue weighted by Gasteiger charge is -2.09. The van der Waals surface area contributed by atoms with Gasteiger partial charge in [0.15, 0.2) is 5.65 Å². The Morgan fingerprint density at radius 3 is 2.71 bits per heavy atom. The number of benzene rings is 2. The second-order valence-electron chi connectivity index (χ2n) is 6.67. The highest BCUT2D eigenvalue weighted by molar-refractivity contribution is 5.83. The molecule has 5 aromatic rings. The molecule has 134 valence electrons. The summed E-state index contributed by atoms with van der Waals surface area (Å²) in [4.78, 5) is 25.7. The minimum atomic E-state index is -0.0872. The van der Waals surface area contributed by atoms with Gasteiger partial charge < -0.3 is 0 Å². The van der Waals surface area contributed by atoms with Crippen molar-refractivity contribution in [3.63, 3.8) is 0 Å². The summed E-state index contributed by atoms with van der Waals surface area (Å²) in [5.41, 5.74) is 4.51. The molecule has 0 radical (unpaired) electrons. The fraction of sp³-hybridized carbons (Fsp3) is 0.0435. The molecule has 0 aliphatic carbocycles. The monoisotopic (exact) mass is 364 g/mol. The van der Waals surface area contributed by atoms with E-state index in [-0.39, 0.29) is 5.56 Å². The van der Waals surface area contributed by atoms with Crippen LogP contribution >= 0.6 is 0 Å². The number of para-hydroxylation sites is 1. The van der Waals surface area contributed by atoms with Gasteiger partial charge in [-0.05, 0) is 41.5 Å². The first-order chi connectivity index (χ1) is 13.8. The van der Waals surface area contributed by atoms with E-state index < -0.39 is 0 Å². The van der Waals surface area contributed by atoms with Crippen molar-refractivity contribution in [1.29, 1.82) is 0 Å². The lowest BCUT2D eigenvalue weighted by atomic mass is 10.0. The van der Waals surface area contributed by atoms with Crippen molar-refractivity contribution in [3.8, 4) is 11.1 Å². The summed E-state index contributed by atoms with van der Waals surface area (Å²) in [6.45, 7) is 0.450. The Bertz CT molecular complexity index is 1370. The van der Waals surface area contributed by atoms with Gasteiger partial charge in [0.2, 0.25) is 0 Å². The van der Waals surface area contributed by atoms with Gasteiger partial charge in [-0.1, -0.05) is 36.4 Å². The summed E-state index contributed by atoms with van der Waals surface area (Å²) >= 11 is 0. The maximum Gasteiger partial charge on any atom is 0.263 e. The SMILES string of the molecule is O=c1c2cccnc2ncn1Cc1cccc(-c2cnc3ccccc3c2)c1. The third-order valence-electron chi connectivity index (χ3n) is 4.80. The van der Waals surface area contributed by atoms with Crippen molar-refractivity contribution < 1.29 is 0 Å². The maximum absolute atomic E-state index is 12.7. The minimum absolute atomic E-state index is 0.0872. The smallest absolute Gasteiger partial charge is 0.263 e. The number of nitrogens with zero attached hydrogens (tertiary/aromatic N) is 4. The fourth-order valence-electron chi connectivity index (χ4n) is 3.39. The van der Waals surface area contributed by atoms with Gasteiger partial charge in [-0.25, -0.2) is 9.97 Å². The molecule has 0 aliphatic heterocycles. The lowest BCUT2D eigenvalue weighted by Crippen LogP contribution is -2.21. The van der Waals surface area contributed by atoms with E-state index in [0.717, 1.165) is 27.6 Å². The van der Waals surface area contributed by atoms with Gasteiger partial charge in [-0.15, -0.1) is 0 Å². The summed E-state index contributed by atoms with van der Waals surface area (Å²) < 4.78 is 1.61. The van der Waals surface area contributed by atoms with E-state index in [0.29, 0.717) is 17.6 Å². The van der Waals surface area contributed by atoms with E-state index in [1.807, 2.05) is 36.5 Å². The van der Waals surface area contributed by atoms with Crippen LogP contribution in [0, 0.1) is 0 Å². The molecular weight excluding hydrogens is 348 g/mol. The molecule has 5 nitrogen and oxygen atoms in total. The van der Waals surface area contributed by atoms with Crippen LogP contribution in [-0.4, -0.2) is 19.5 Å². The normalized spacial score (nSPS) is 11.1. The molecule has 0 saturated heterocycles. The zero-order chi connectivity index (χ0) is 18.9. The molecule has 28 heavy (non-hydrogen) atoms. The predicted molar refractivity (Wildman–Crippen MR) is 110 cm³/mol. The van der Waals surface area contributed by atoms with Crippen LogP contribution < -0.4 is 5.56 Å². The van der Waals surface area contributed by atoms with Gasteiger partial charge in [0.05, 0.1) is 17.4 Å². The number of rotatable bonds is 3. The molecule has 0 saturated carbocycles. The molecule has 0 aliphatic rings. The van der Waals surface area contributed by atoms with E-state index in [2.05, 4.69) is 39.2 Å². The minimum Gasteiger partial charge on any atom is -0.294 e. The van der Waals surface area contributed by atoms with Gasteiger partial charge >= 0.3 is 0 Å². The molecule has 2 aromatic carbocycles. The number of hydrogen-bond donors (Lipinski definition) is 0. The highest BCUT2D eigenvalue weighted by Crippen LogP contribution is 2.23. The third kappa shape index (κ3) is 2.93. The van der Waals surface area contributed by atoms with Crippen molar-refractivity contribution in [3.05, 3.63) is 101 Å². The molecule has 0 atom stereocenters. The van der Waals surface area contributed by atoms with E-state index in [4.69, 9.17) is 0 Å². The second kappa shape index (κ2) is 6.70. The fourth-order valence-corrected chi connectivity index (χ4v) is 3.39. The van der Waals surface area contributed by atoms with Crippen LogP contribution in [0.15, 0.2) is 90.2 Å². The molecule has 0 fully saturated rings. The standard InChI is InChI=1S/C23H16N4O/c28-23-20-8-4-10-24-22(20)26-15-27(23)14-16-5-3-7-17(11-16)19-12-18-6-1-2-9-21(18)25-13-19/h1-13,15H,14H2. The van der Waals surface area contributed by atoms with Crippen molar-refractivity contribution in [1.82, 2.24) is 19.5 Å². The molecule has 5 rings (SSSR count). The first-order valence-corrected chi connectivity index (χ1v) is 9.02. The lowest BCUT2D eigenvalue weighted by molar-refractivity contribution is 0.747. The first-order valence-electron chi connectivity index (χ1n) is 9.02. The third-order valence-corrected chi connectivity index (χ3v) is 4.80. The van der Waals surface area contributed by atoms with E-state index in [9.17, 15) is 4.79 Å². The maximum atomic E-state index is 12.7. The largest absolute Gasteiger partial charge is 0.294 e. The van der Waals surface area contributed by atoms with Crippen molar-refractivity contribution >= 4 is 21.9 Å². The second-order valence-corrected chi connectivity index (χ2v) is 6.67. The molecule has 0 amide bonds. The van der Waals surface area contributed by atoms with Crippen molar-refractivity contribution in [2.45, 2.75) is 6.54 Å². The van der Waals surface area contributed by atoms with Gasteiger partial charge in [0.25, 0.3) is 5.56 Å². The molecule has 0 N–H and O–H groups in total. The average molecular weight is 364 g/mol. The zero-order valence-electron chi connectivity index (χ0n) is 15.0. The summed E-state index contributed by atoms with van der Waals surface area (Å²) in [5.74, 6) is 0. The van der Waals surface area contributed by atoms with Crippen LogP contribution in [0.1, 0.15) is 5.56 Å². The van der Waals surface area contributed by atoms with Gasteiger partial charge in [0.1, 0.15) is 6.33 Å². The Morgan fingerprint density at radius 2 is 1.75 bits per heavy atom. The number of pyridine rings is 2. The molecule has 0 unspecified atom stereocenters. The molecule has 3 heterocycles. The van der Waals surface area contributed by atoms with Gasteiger partial charge in [-0.2, -0.15) is 0 Å². The molecular formula is C23H16N4O. The Labute approximate surface area is 161 Å². The first kappa shape index (κ1) is 16.3. The molecule has 5 heteroatoms. The summed E-state index contributed by atoms with van der Waals surface area (Å²) in [7, 11) is 0. The topological polar surface area (TPSA) is 60.7 Å². The number of aromatic nitrogens is 4. The van der Waals surface area contributed by atoms with Gasteiger partial charge in [-0.3, -0.25) is 14.3 Å². The summed E-state index contributed by atoms with van der Waals surface area (Å²) in [6, 6.07) is 21.9. The van der Waals surface area contributed by atoms with Crippen molar-refractivity contribution in [2.24, 2.45) is 0 Å². The van der Waals surface area contributed by atoms with Crippen LogP contribution in [0.5, 0.6) is 0 Å². The van der Waals surface area contributed by atoms with Crippen LogP contribution in [0.4, 0.5) is 0 Å². The van der Waals surface area contributed by atoms with Crippen LogP contribution in [0.3, 0.4) is 0 Å². The summed E-state index contributed by atoms with van der Waals surface area (Å²) in [6.07, 6.45) is 5.08. The molecule has 0 bridgehead atoms. The highest BCUT2D eigenvalue weighted by Gasteiger charge is 2.07. The number of hydrogen-bond acceptors (Lipinski definition) is 4. The Hall–Kier alpha value is -3.86. The Kier molecular flexibility index (Phi) is 3.91. The zero-order valence-corrected chi connectivity index (χ0v) is 15.0. The van der Waals surface area contributed by atoms with Crippen LogP contribution in [-0.2, 0) is 6.54 Å². The highest BCUT2D eigenvalue weighted by atomic mass is 16.1. The molecule has 3 aromatic heterocycles. The quantitative estimate of drug-likeness (QED) is 0.484. The van der Waals surface area contributed by atoms with Crippen LogP contribution in [0.25, 0.3) is 33.1 Å². The van der Waals surface area contributed by atoms with Crippen molar-refractivity contribution in [2.75, 3.05) is 0 Å². The number of fused-ring (bicyclic) bond motifs is 2. The Morgan fingerprint density at radius 1 is 0.821 bits per heavy atom. The van der Waals surface area contributed by atoms with E-state index in [1.54, 1.807) is 29.2 Å². The summed E-state index contributed by atoms with van der Waals surface area (Å²) in [5, 5.41) is 1.63. The van der Waals surface area contributed by atoms with Crippen LogP contribution in [0.2, 0.25) is 0 Å². The van der Waals surface area contributed by atoms with E-state index >= 15 is 0 Å². The average Bonchev–Trinajstić information content (AvgIpc) is 2.76. The molecule has 0 spiro atoms. The van der Waals surface area contributed by atoms with E-state index in [1.165, 1.54) is 0 Å².